The van der Waals surface area contributed by atoms with Crippen LogP contribution in [0.5, 0.6) is 0 Å². The Morgan fingerprint density at radius 3 is 2.50 bits per heavy atom. The van der Waals surface area contributed by atoms with Gasteiger partial charge in [-0.3, -0.25) is 9.48 Å². The van der Waals surface area contributed by atoms with Crippen molar-refractivity contribution in [1.29, 1.82) is 0 Å². The number of carbonyl (C=O) groups excluding carboxylic acids is 1. The first kappa shape index (κ1) is 16.2. The molecule has 0 saturated carbocycles. The maximum Gasteiger partial charge on any atom is 0.160 e. The predicted octanol–water partition coefficient (Wildman–Crippen LogP) is 4.91. The molecule has 3 aromatic rings. The van der Waals surface area contributed by atoms with Gasteiger partial charge in [-0.05, 0) is 24.5 Å². The molecule has 122 valence electrons. The van der Waals surface area contributed by atoms with Gasteiger partial charge in [0.05, 0.1) is 11.9 Å². The minimum atomic E-state index is 0.125. The van der Waals surface area contributed by atoms with E-state index in [0.29, 0.717) is 0 Å². The van der Waals surface area contributed by atoms with E-state index >= 15 is 0 Å². The molecule has 0 bridgehead atoms. The predicted molar refractivity (Wildman–Crippen MR) is 98.1 cm³/mol. The lowest BCUT2D eigenvalue weighted by Crippen LogP contribution is -2.00. The maximum atomic E-state index is 11.9. The summed E-state index contributed by atoms with van der Waals surface area (Å²) in [5.41, 5.74) is 6.37. The fraction of sp³-hybridized carbons (Fsp3) is 0.238. The molecule has 0 unspecified atom stereocenters. The standard InChI is InChI=1S/C21H22N2O/c1-4-8-17-13-18(11-12-19(17)15(2)24)20-14-22-23(3)21(20)16-9-6-5-7-10-16/h5-7,9-14H,4,8H2,1-3H3. The molecule has 24 heavy (non-hydrogen) atoms. The maximum absolute atomic E-state index is 11.9. The highest BCUT2D eigenvalue weighted by atomic mass is 16.1. The topological polar surface area (TPSA) is 34.9 Å². The van der Waals surface area contributed by atoms with E-state index in [4.69, 9.17) is 0 Å². The summed E-state index contributed by atoms with van der Waals surface area (Å²) < 4.78 is 1.91. The van der Waals surface area contributed by atoms with E-state index in [2.05, 4.69) is 30.2 Å². The van der Waals surface area contributed by atoms with Crippen LogP contribution in [0.25, 0.3) is 22.4 Å². The molecular formula is C21H22N2O. The highest BCUT2D eigenvalue weighted by Crippen LogP contribution is 2.33. The van der Waals surface area contributed by atoms with Crippen molar-refractivity contribution in [2.75, 3.05) is 0 Å². The van der Waals surface area contributed by atoms with Crippen LogP contribution < -0.4 is 0 Å². The van der Waals surface area contributed by atoms with Crippen LogP contribution in [0.2, 0.25) is 0 Å². The Hall–Kier alpha value is -2.68. The quantitative estimate of drug-likeness (QED) is 0.627. The van der Waals surface area contributed by atoms with Gasteiger partial charge in [0.15, 0.2) is 5.78 Å². The van der Waals surface area contributed by atoms with Crippen LogP contribution in [0.15, 0.2) is 54.7 Å². The summed E-state index contributed by atoms with van der Waals surface area (Å²) >= 11 is 0. The highest BCUT2D eigenvalue weighted by Gasteiger charge is 2.15. The lowest BCUT2D eigenvalue weighted by atomic mass is 9.94. The Kier molecular flexibility index (Phi) is 4.61. The average Bonchev–Trinajstić information content (AvgIpc) is 2.97. The summed E-state index contributed by atoms with van der Waals surface area (Å²) in [7, 11) is 1.96. The Labute approximate surface area is 143 Å². The lowest BCUT2D eigenvalue weighted by Gasteiger charge is -2.11. The first-order chi connectivity index (χ1) is 11.6. The molecule has 0 spiro atoms. The molecule has 0 atom stereocenters. The summed E-state index contributed by atoms with van der Waals surface area (Å²) in [6.07, 6.45) is 3.83. The van der Waals surface area contributed by atoms with E-state index in [1.54, 1.807) is 6.92 Å². The summed E-state index contributed by atoms with van der Waals surface area (Å²) in [4.78, 5) is 11.9. The fourth-order valence-electron chi connectivity index (χ4n) is 3.17. The fourth-order valence-corrected chi connectivity index (χ4v) is 3.17. The van der Waals surface area contributed by atoms with E-state index in [1.807, 2.05) is 48.3 Å². The minimum Gasteiger partial charge on any atom is -0.295 e. The minimum absolute atomic E-state index is 0.125. The molecule has 3 heteroatoms. The number of aromatic nitrogens is 2. The first-order valence-corrected chi connectivity index (χ1v) is 8.33. The second kappa shape index (κ2) is 6.83. The lowest BCUT2D eigenvalue weighted by molar-refractivity contribution is 0.101. The van der Waals surface area contributed by atoms with Gasteiger partial charge in [0.1, 0.15) is 0 Å². The Bertz CT molecular complexity index is 863. The van der Waals surface area contributed by atoms with Crippen LogP contribution in [0.1, 0.15) is 36.2 Å². The van der Waals surface area contributed by atoms with Gasteiger partial charge < -0.3 is 0 Å². The molecule has 0 amide bonds. The second-order valence-electron chi connectivity index (χ2n) is 6.07. The molecule has 0 saturated heterocycles. The number of benzene rings is 2. The number of Topliss-reactive ketones (excluding diaryl/α,β-unsaturated/α-hetero) is 1. The zero-order chi connectivity index (χ0) is 17.1. The van der Waals surface area contributed by atoms with E-state index < -0.39 is 0 Å². The Morgan fingerprint density at radius 2 is 1.83 bits per heavy atom. The van der Waals surface area contributed by atoms with Gasteiger partial charge in [-0.2, -0.15) is 5.10 Å². The summed E-state index contributed by atoms with van der Waals surface area (Å²) in [5.74, 6) is 0.125. The normalized spacial score (nSPS) is 10.8. The molecule has 2 aromatic carbocycles. The van der Waals surface area contributed by atoms with Crippen molar-refractivity contribution in [1.82, 2.24) is 9.78 Å². The van der Waals surface area contributed by atoms with Gasteiger partial charge >= 0.3 is 0 Å². The average molecular weight is 318 g/mol. The van der Waals surface area contributed by atoms with Crippen molar-refractivity contribution < 1.29 is 4.79 Å². The van der Waals surface area contributed by atoms with Crippen LogP contribution >= 0.6 is 0 Å². The van der Waals surface area contributed by atoms with Gasteiger partial charge in [-0.15, -0.1) is 0 Å². The number of hydrogen-bond acceptors (Lipinski definition) is 2. The van der Waals surface area contributed by atoms with E-state index in [1.165, 1.54) is 0 Å². The Morgan fingerprint density at radius 1 is 1.08 bits per heavy atom. The Balaban J connectivity index is 2.14. The molecule has 0 aliphatic carbocycles. The first-order valence-electron chi connectivity index (χ1n) is 8.33. The number of hydrogen-bond donors (Lipinski definition) is 0. The molecule has 3 rings (SSSR count). The van der Waals surface area contributed by atoms with Crippen LogP contribution in [0.4, 0.5) is 0 Å². The van der Waals surface area contributed by atoms with Crippen molar-refractivity contribution in [2.45, 2.75) is 26.7 Å². The number of ketones is 1. The van der Waals surface area contributed by atoms with E-state index in [-0.39, 0.29) is 5.78 Å². The van der Waals surface area contributed by atoms with Crippen LogP contribution in [0.3, 0.4) is 0 Å². The molecule has 1 heterocycles. The zero-order valence-electron chi connectivity index (χ0n) is 14.4. The van der Waals surface area contributed by atoms with Crippen LogP contribution in [-0.4, -0.2) is 15.6 Å². The van der Waals surface area contributed by atoms with Gasteiger partial charge in [0.2, 0.25) is 0 Å². The van der Waals surface area contributed by atoms with Gasteiger partial charge in [-0.25, -0.2) is 0 Å². The molecule has 0 aliphatic heterocycles. The van der Waals surface area contributed by atoms with Gasteiger partial charge in [-0.1, -0.05) is 61.9 Å². The third kappa shape index (κ3) is 3.02. The molecule has 1 aromatic heterocycles. The molecule has 0 radical (unpaired) electrons. The molecule has 0 fully saturated rings. The van der Waals surface area contributed by atoms with Crippen molar-refractivity contribution in [3.8, 4) is 22.4 Å². The van der Waals surface area contributed by atoms with Crippen molar-refractivity contribution in [3.05, 3.63) is 65.9 Å². The molecule has 0 aliphatic rings. The number of nitrogens with zero attached hydrogens (tertiary/aromatic N) is 2. The smallest absolute Gasteiger partial charge is 0.160 e. The summed E-state index contributed by atoms with van der Waals surface area (Å²) in [5, 5.41) is 4.45. The molecule has 0 N–H and O–H groups in total. The highest BCUT2D eigenvalue weighted by molar-refractivity contribution is 5.96. The summed E-state index contributed by atoms with van der Waals surface area (Å²) in [6.45, 7) is 3.77. The van der Waals surface area contributed by atoms with Crippen LogP contribution in [0, 0.1) is 0 Å². The second-order valence-corrected chi connectivity index (χ2v) is 6.07. The van der Waals surface area contributed by atoms with Crippen molar-refractivity contribution >= 4 is 5.78 Å². The SMILES string of the molecule is CCCc1cc(-c2cnn(C)c2-c2ccccc2)ccc1C(C)=O. The van der Waals surface area contributed by atoms with E-state index in [9.17, 15) is 4.79 Å². The molecule has 3 nitrogen and oxygen atoms in total. The summed E-state index contributed by atoms with van der Waals surface area (Å²) in [6, 6.07) is 16.4. The van der Waals surface area contributed by atoms with Crippen LogP contribution in [-0.2, 0) is 13.5 Å². The van der Waals surface area contributed by atoms with E-state index in [0.717, 1.165) is 46.4 Å². The monoisotopic (exact) mass is 318 g/mol. The largest absolute Gasteiger partial charge is 0.295 e. The van der Waals surface area contributed by atoms with Crippen molar-refractivity contribution in [3.63, 3.8) is 0 Å². The zero-order valence-corrected chi connectivity index (χ0v) is 14.4. The third-order valence-corrected chi connectivity index (χ3v) is 4.30. The number of rotatable bonds is 5. The van der Waals surface area contributed by atoms with Gasteiger partial charge in [0.25, 0.3) is 0 Å². The van der Waals surface area contributed by atoms with Crippen molar-refractivity contribution in [2.24, 2.45) is 7.05 Å². The number of aryl methyl sites for hydroxylation is 2. The van der Waals surface area contributed by atoms with Gasteiger partial charge in [0, 0.05) is 23.7 Å². The number of carbonyl (C=O) groups is 1. The molecular weight excluding hydrogens is 296 g/mol. The third-order valence-electron chi connectivity index (χ3n) is 4.30.